The molecule has 1 aromatic heterocycles. The third kappa shape index (κ3) is 4.64. The van der Waals surface area contributed by atoms with E-state index in [1.165, 1.54) is 12.8 Å². The van der Waals surface area contributed by atoms with Crippen molar-refractivity contribution in [2.75, 3.05) is 5.32 Å². The molecule has 134 valence electrons. The van der Waals surface area contributed by atoms with E-state index in [1.807, 2.05) is 0 Å². The van der Waals surface area contributed by atoms with Crippen molar-refractivity contribution < 1.29 is 14.7 Å². The maximum absolute atomic E-state index is 12.5. The molecule has 25 heavy (non-hydrogen) atoms. The summed E-state index contributed by atoms with van der Waals surface area (Å²) in [4.78, 5) is 24.9. The van der Waals surface area contributed by atoms with Crippen LogP contribution in [0.25, 0.3) is 0 Å². The molecule has 1 amide bonds. The quantitative estimate of drug-likeness (QED) is 0.765. The summed E-state index contributed by atoms with van der Waals surface area (Å²) in [5.74, 6) is 6.41. The molecule has 0 atom stereocenters. The Hall–Kier alpha value is -1.80. The summed E-state index contributed by atoms with van der Waals surface area (Å²) in [6, 6.07) is 1.72. The van der Waals surface area contributed by atoms with E-state index < -0.39 is 5.97 Å². The van der Waals surface area contributed by atoms with E-state index in [9.17, 15) is 14.7 Å². The molecule has 0 aliphatic heterocycles. The molecular formula is C20H25NO3S. The van der Waals surface area contributed by atoms with Crippen LogP contribution >= 0.6 is 11.3 Å². The van der Waals surface area contributed by atoms with Crippen LogP contribution in [0.15, 0.2) is 6.07 Å². The van der Waals surface area contributed by atoms with Gasteiger partial charge in [-0.25, -0.2) is 4.79 Å². The Balaban J connectivity index is 1.71. The normalized spacial score (nSPS) is 23.7. The van der Waals surface area contributed by atoms with E-state index in [0.717, 1.165) is 54.7 Å². The molecule has 4 nitrogen and oxygen atoms in total. The van der Waals surface area contributed by atoms with Crippen molar-refractivity contribution in [1.29, 1.82) is 0 Å². The van der Waals surface area contributed by atoms with Crippen LogP contribution in [0.2, 0.25) is 0 Å². The number of hydrogen-bond acceptors (Lipinski definition) is 3. The number of rotatable bonds is 3. The number of thiophene rings is 1. The van der Waals surface area contributed by atoms with Gasteiger partial charge in [-0.15, -0.1) is 11.3 Å². The lowest BCUT2D eigenvalue weighted by Gasteiger charge is -2.25. The van der Waals surface area contributed by atoms with Crippen molar-refractivity contribution >= 4 is 28.9 Å². The Bertz CT molecular complexity index is 698. The molecule has 3 rings (SSSR count). The smallest absolute Gasteiger partial charge is 0.348 e. The first kappa shape index (κ1) is 18.0. The summed E-state index contributed by atoms with van der Waals surface area (Å²) in [7, 11) is 0. The fraction of sp³-hybridized carbons (Fsp3) is 0.600. The predicted molar refractivity (Wildman–Crippen MR) is 99.9 cm³/mol. The SMILES string of the molecule is CC1CCC(C(=O)Nc2cc(C#CC3CCCC3)sc2C(=O)O)CC1. The molecule has 2 fully saturated rings. The van der Waals surface area contributed by atoms with E-state index in [1.54, 1.807) is 6.07 Å². The van der Waals surface area contributed by atoms with Crippen molar-refractivity contribution in [2.45, 2.75) is 58.3 Å². The van der Waals surface area contributed by atoms with Crippen molar-refractivity contribution in [3.05, 3.63) is 15.8 Å². The number of carbonyl (C=O) groups excluding carboxylic acids is 1. The van der Waals surface area contributed by atoms with Gasteiger partial charge in [0.15, 0.2) is 0 Å². The van der Waals surface area contributed by atoms with E-state index in [-0.39, 0.29) is 16.7 Å². The van der Waals surface area contributed by atoms with Crippen LogP contribution < -0.4 is 5.32 Å². The van der Waals surface area contributed by atoms with Gasteiger partial charge in [0.1, 0.15) is 4.88 Å². The van der Waals surface area contributed by atoms with Crippen LogP contribution in [-0.4, -0.2) is 17.0 Å². The summed E-state index contributed by atoms with van der Waals surface area (Å²) in [6.45, 7) is 2.21. The van der Waals surface area contributed by atoms with Crippen LogP contribution in [0.3, 0.4) is 0 Å². The summed E-state index contributed by atoms with van der Waals surface area (Å²) in [5.41, 5.74) is 0.400. The average molecular weight is 359 g/mol. The van der Waals surface area contributed by atoms with Crippen LogP contribution in [0.1, 0.15) is 72.8 Å². The first-order chi connectivity index (χ1) is 12.0. The number of amides is 1. The fourth-order valence-corrected chi connectivity index (χ4v) is 4.52. The zero-order chi connectivity index (χ0) is 17.8. The summed E-state index contributed by atoms with van der Waals surface area (Å²) < 4.78 is 0. The molecule has 0 unspecified atom stereocenters. The second-order valence-corrected chi connectivity index (χ2v) is 8.41. The number of anilines is 1. The first-order valence-electron chi connectivity index (χ1n) is 9.22. The molecule has 0 bridgehead atoms. The molecule has 0 spiro atoms. The number of carbonyl (C=O) groups is 2. The van der Waals surface area contributed by atoms with Gasteiger partial charge in [-0.1, -0.05) is 31.6 Å². The topological polar surface area (TPSA) is 66.4 Å². The van der Waals surface area contributed by atoms with Crippen molar-refractivity contribution in [3.8, 4) is 11.8 Å². The van der Waals surface area contributed by atoms with Gasteiger partial charge in [-0.05, 0) is 50.5 Å². The number of hydrogen-bond donors (Lipinski definition) is 2. The Morgan fingerprint density at radius 2 is 1.84 bits per heavy atom. The molecular weight excluding hydrogens is 334 g/mol. The van der Waals surface area contributed by atoms with Crippen LogP contribution in [-0.2, 0) is 4.79 Å². The van der Waals surface area contributed by atoms with Gasteiger partial charge in [-0.3, -0.25) is 4.79 Å². The molecule has 1 aromatic rings. The van der Waals surface area contributed by atoms with Gasteiger partial charge in [0.05, 0.1) is 10.6 Å². The first-order valence-corrected chi connectivity index (χ1v) is 10.0. The standard InChI is InChI=1S/C20H25NO3S/c1-13-6-9-15(10-7-13)19(22)21-17-12-16(25-18(17)20(23)24)11-8-14-4-2-3-5-14/h12-15H,2-7,9-10H2,1H3,(H,21,22)(H,23,24). The molecule has 2 N–H and O–H groups in total. The van der Waals surface area contributed by atoms with Gasteiger partial charge in [0.25, 0.3) is 0 Å². The van der Waals surface area contributed by atoms with E-state index >= 15 is 0 Å². The van der Waals surface area contributed by atoms with Crippen LogP contribution in [0, 0.1) is 29.6 Å². The zero-order valence-corrected chi connectivity index (χ0v) is 15.5. The molecule has 5 heteroatoms. The number of nitrogens with one attached hydrogen (secondary N) is 1. The molecule has 2 saturated carbocycles. The van der Waals surface area contributed by atoms with Gasteiger partial charge in [-0.2, -0.15) is 0 Å². The lowest BCUT2D eigenvalue weighted by Crippen LogP contribution is -2.27. The number of aromatic carboxylic acids is 1. The minimum atomic E-state index is -1.01. The Kier molecular flexibility index (Phi) is 5.80. The minimum Gasteiger partial charge on any atom is -0.477 e. The summed E-state index contributed by atoms with van der Waals surface area (Å²) in [5, 5.41) is 12.3. The van der Waals surface area contributed by atoms with E-state index in [0.29, 0.717) is 17.5 Å². The monoisotopic (exact) mass is 359 g/mol. The molecule has 0 aromatic carbocycles. The number of carboxylic acids is 1. The van der Waals surface area contributed by atoms with E-state index in [4.69, 9.17) is 0 Å². The highest BCUT2D eigenvalue weighted by molar-refractivity contribution is 7.15. The third-order valence-electron chi connectivity index (χ3n) is 5.33. The average Bonchev–Trinajstić information content (AvgIpc) is 3.23. The Morgan fingerprint density at radius 1 is 1.16 bits per heavy atom. The zero-order valence-electron chi connectivity index (χ0n) is 14.6. The Labute approximate surface area is 153 Å². The second-order valence-electron chi connectivity index (χ2n) is 7.36. The van der Waals surface area contributed by atoms with Crippen molar-refractivity contribution in [2.24, 2.45) is 17.8 Å². The second kappa shape index (κ2) is 8.05. The fourth-order valence-electron chi connectivity index (χ4n) is 3.70. The highest BCUT2D eigenvalue weighted by Gasteiger charge is 2.26. The van der Waals surface area contributed by atoms with E-state index in [2.05, 4.69) is 24.1 Å². The van der Waals surface area contributed by atoms with Gasteiger partial charge < -0.3 is 10.4 Å². The predicted octanol–water partition coefficient (Wildman–Crippen LogP) is 4.75. The lowest BCUT2D eigenvalue weighted by molar-refractivity contribution is -0.121. The maximum atomic E-state index is 12.5. The summed E-state index contributed by atoms with van der Waals surface area (Å²) >= 11 is 1.15. The van der Waals surface area contributed by atoms with Gasteiger partial charge >= 0.3 is 5.97 Å². The largest absolute Gasteiger partial charge is 0.477 e. The van der Waals surface area contributed by atoms with Gasteiger partial charge in [0, 0.05) is 11.8 Å². The van der Waals surface area contributed by atoms with Gasteiger partial charge in [0.2, 0.25) is 5.91 Å². The summed E-state index contributed by atoms with van der Waals surface area (Å²) in [6.07, 6.45) is 8.61. The molecule has 1 heterocycles. The van der Waals surface area contributed by atoms with Crippen molar-refractivity contribution in [1.82, 2.24) is 0 Å². The number of carboxylic acid groups (broad SMARTS) is 1. The minimum absolute atomic E-state index is 0.00855. The molecule has 2 aliphatic carbocycles. The highest BCUT2D eigenvalue weighted by atomic mass is 32.1. The maximum Gasteiger partial charge on any atom is 0.348 e. The lowest BCUT2D eigenvalue weighted by atomic mass is 9.82. The Morgan fingerprint density at radius 3 is 2.48 bits per heavy atom. The van der Waals surface area contributed by atoms with Crippen LogP contribution in [0.4, 0.5) is 5.69 Å². The molecule has 2 aliphatic rings. The third-order valence-corrected chi connectivity index (χ3v) is 6.36. The van der Waals surface area contributed by atoms with Crippen LogP contribution in [0.5, 0.6) is 0 Å². The molecule has 0 saturated heterocycles. The van der Waals surface area contributed by atoms with Crippen molar-refractivity contribution in [3.63, 3.8) is 0 Å². The molecule has 0 radical (unpaired) electrons. The highest BCUT2D eigenvalue weighted by Crippen LogP contribution is 2.32.